The Morgan fingerprint density at radius 3 is 2.35 bits per heavy atom. The molecule has 1 aliphatic rings. The molecule has 9 nitrogen and oxygen atoms in total. The number of sulfonamides is 1. The first-order valence-corrected chi connectivity index (χ1v) is 14.0. The highest BCUT2D eigenvalue weighted by Gasteiger charge is 2.29. The number of halogens is 1. The molecule has 37 heavy (non-hydrogen) atoms. The van der Waals surface area contributed by atoms with Crippen LogP contribution in [-0.2, 0) is 27.6 Å². The summed E-state index contributed by atoms with van der Waals surface area (Å²) in [5.41, 5.74) is 1.61. The third-order valence-electron chi connectivity index (χ3n) is 5.89. The lowest BCUT2D eigenvalue weighted by atomic mass is 9.88. The Hall–Kier alpha value is -3.41. The summed E-state index contributed by atoms with van der Waals surface area (Å²) in [6.07, 6.45) is 1.44. The maximum Gasteiger partial charge on any atom is 0.413 e. The van der Waals surface area contributed by atoms with Crippen LogP contribution in [0, 0.1) is 5.92 Å². The number of imide groups is 1. The second-order valence-corrected chi connectivity index (χ2v) is 11.8. The molecule has 3 aromatic rings. The number of hydrogen-bond donors (Lipinski definition) is 3. The normalized spacial score (nSPS) is 14.8. The molecule has 0 aliphatic heterocycles. The molecule has 1 atom stereocenters. The Morgan fingerprint density at radius 2 is 1.70 bits per heavy atom. The van der Waals surface area contributed by atoms with E-state index >= 15 is 0 Å². The summed E-state index contributed by atoms with van der Waals surface area (Å²) in [5, 5.41) is 5.72. The SMILES string of the molecule is COC(=O)NC(=O)c1c(NC(=O)c2ccc(NS(=O)(=O)c3ccc(Cl)cc3)cc2)sc2c1CCC(C)C2. The highest BCUT2D eigenvalue weighted by Crippen LogP contribution is 2.40. The zero-order chi connectivity index (χ0) is 26.7. The van der Waals surface area contributed by atoms with Gasteiger partial charge in [-0.05, 0) is 79.3 Å². The summed E-state index contributed by atoms with van der Waals surface area (Å²) in [6, 6.07) is 11.6. The Labute approximate surface area is 223 Å². The predicted molar refractivity (Wildman–Crippen MR) is 142 cm³/mol. The summed E-state index contributed by atoms with van der Waals surface area (Å²) in [7, 11) is -2.67. The molecule has 12 heteroatoms. The van der Waals surface area contributed by atoms with Crippen molar-refractivity contribution < 1.29 is 27.5 Å². The van der Waals surface area contributed by atoms with E-state index in [-0.39, 0.29) is 21.7 Å². The molecule has 0 fully saturated rings. The number of rotatable bonds is 6. The molecule has 0 saturated carbocycles. The highest BCUT2D eigenvalue weighted by molar-refractivity contribution is 7.92. The Bertz CT molecular complexity index is 1450. The van der Waals surface area contributed by atoms with Gasteiger partial charge in [0, 0.05) is 21.2 Å². The Balaban J connectivity index is 1.53. The van der Waals surface area contributed by atoms with Crippen molar-refractivity contribution in [1.82, 2.24) is 5.32 Å². The average molecular weight is 562 g/mol. The molecule has 3 amide bonds. The lowest BCUT2D eigenvalue weighted by Crippen LogP contribution is -2.31. The molecule has 4 rings (SSSR count). The molecule has 1 unspecified atom stereocenters. The molecule has 3 N–H and O–H groups in total. The van der Waals surface area contributed by atoms with Gasteiger partial charge in [0.15, 0.2) is 0 Å². The van der Waals surface area contributed by atoms with Gasteiger partial charge in [0.25, 0.3) is 21.8 Å². The van der Waals surface area contributed by atoms with Crippen molar-refractivity contribution in [2.75, 3.05) is 17.1 Å². The first-order valence-electron chi connectivity index (χ1n) is 11.3. The molecule has 1 aliphatic carbocycles. The maximum absolute atomic E-state index is 13.0. The van der Waals surface area contributed by atoms with Crippen LogP contribution in [0.3, 0.4) is 0 Å². The molecule has 0 saturated heterocycles. The van der Waals surface area contributed by atoms with E-state index in [2.05, 4.69) is 27.0 Å². The van der Waals surface area contributed by atoms with Gasteiger partial charge >= 0.3 is 6.09 Å². The number of alkyl carbamates (subject to hydrolysis) is 1. The number of methoxy groups -OCH3 is 1. The van der Waals surface area contributed by atoms with Gasteiger partial charge < -0.3 is 10.1 Å². The monoisotopic (exact) mass is 561 g/mol. The second-order valence-electron chi connectivity index (χ2n) is 8.59. The number of amides is 3. The fourth-order valence-corrected chi connectivity index (χ4v) is 6.57. The van der Waals surface area contributed by atoms with Crippen LogP contribution in [0.25, 0.3) is 0 Å². The van der Waals surface area contributed by atoms with Crippen LogP contribution in [0.1, 0.15) is 44.5 Å². The minimum Gasteiger partial charge on any atom is -0.453 e. The first kappa shape index (κ1) is 26.6. The zero-order valence-electron chi connectivity index (χ0n) is 20.0. The van der Waals surface area contributed by atoms with Gasteiger partial charge in [-0.3, -0.25) is 19.6 Å². The van der Waals surface area contributed by atoms with Crippen LogP contribution >= 0.6 is 22.9 Å². The average Bonchev–Trinajstić information content (AvgIpc) is 3.21. The largest absolute Gasteiger partial charge is 0.453 e. The summed E-state index contributed by atoms with van der Waals surface area (Å²) in [5.74, 6) is -0.678. The van der Waals surface area contributed by atoms with Crippen LogP contribution in [0.4, 0.5) is 15.5 Å². The van der Waals surface area contributed by atoms with Gasteiger partial charge in [-0.25, -0.2) is 13.2 Å². The molecule has 0 spiro atoms. The van der Waals surface area contributed by atoms with E-state index in [9.17, 15) is 22.8 Å². The van der Waals surface area contributed by atoms with Crippen LogP contribution < -0.4 is 15.4 Å². The molecule has 2 aromatic carbocycles. The first-order chi connectivity index (χ1) is 17.6. The molecule has 0 bridgehead atoms. The van der Waals surface area contributed by atoms with Crippen LogP contribution in [-0.4, -0.2) is 33.4 Å². The maximum atomic E-state index is 13.0. The van der Waals surface area contributed by atoms with Crippen molar-refractivity contribution in [3.63, 3.8) is 0 Å². The third-order valence-corrected chi connectivity index (χ3v) is 8.71. The standard InChI is InChI=1S/C25H24ClN3O6S2/c1-14-3-12-19-20(13-14)36-24(21(19)23(31)28-25(32)35-2)27-22(30)15-4-8-17(9-5-15)29-37(33,34)18-10-6-16(26)7-11-18/h4-11,14,29H,3,12-13H2,1-2H3,(H,27,30)(H,28,31,32). The van der Waals surface area contributed by atoms with Gasteiger partial charge in [-0.15, -0.1) is 11.3 Å². The van der Waals surface area contributed by atoms with Crippen molar-refractivity contribution in [2.45, 2.75) is 31.1 Å². The van der Waals surface area contributed by atoms with E-state index in [1.807, 2.05) is 0 Å². The van der Waals surface area contributed by atoms with E-state index in [4.69, 9.17) is 11.6 Å². The van der Waals surface area contributed by atoms with E-state index in [0.717, 1.165) is 30.4 Å². The van der Waals surface area contributed by atoms with Gasteiger partial charge in [-0.2, -0.15) is 0 Å². The Kier molecular flexibility index (Phi) is 7.86. The van der Waals surface area contributed by atoms with Crippen molar-refractivity contribution >= 4 is 61.6 Å². The summed E-state index contributed by atoms with van der Waals surface area (Å²) in [6.45, 7) is 2.12. The molecular weight excluding hydrogens is 538 g/mol. The third kappa shape index (κ3) is 6.12. The van der Waals surface area contributed by atoms with Crippen LogP contribution in [0.5, 0.6) is 0 Å². The minimum atomic E-state index is -3.84. The number of fused-ring (bicyclic) bond motifs is 1. The molecule has 194 valence electrons. The summed E-state index contributed by atoms with van der Waals surface area (Å²) >= 11 is 7.14. The van der Waals surface area contributed by atoms with Gasteiger partial charge in [0.05, 0.1) is 17.6 Å². The highest BCUT2D eigenvalue weighted by atomic mass is 35.5. The second kappa shape index (κ2) is 10.9. The van der Waals surface area contributed by atoms with E-state index in [1.54, 1.807) is 0 Å². The number of carbonyl (C=O) groups is 3. The van der Waals surface area contributed by atoms with Crippen molar-refractivity contribution in [3.05, 3.63) is 75.1 Å². The van der Waals surface area contributed by atoms with Crippen LogP contribution in [0.15, 0.2) is 53.4 Å². The predicted octanol–water partition coefficient (Wildman–Crippen LogP) is 5.08. The molecular formula is C25H24ClN3O6S2. The summed E-state index contributed by atoms with van der Waals surface area (Å²) < 4.78 is 32.2. The van der Waals surface area contributed by atoms with Crippen molar-refractivity contribution in [1.29, 1.82) is 0 Å². The number of nitrogens with one attached hydrogen (secondary N) is 3. The van der Waals surface area contributed by atoms with Gasteiger partial charge in [-0.1, -0.05) is 18.5 Å². The molecule has 0 radical (unpaired) electrons. The van der Waals surface area contributed by atoms with Crippen molar-refractivity contribution in [3.8, 4) is 0 Å². The quantitative estimate of drug-likeness (QED) is 0.385. The topological polar surface area (TPSA) is 131 Å². The molecule has 1 aromatic heterocycles. The lowest BCUT2D eigenvalue weighted by molar-refractivity contribution is 0.0936. The number of anilines is 2. The van der Waals surface area contributed by atoms with Crippen LogP contribution in [0.2, 0.25) is 5.02 Å². The van der Waals surface area contributed by atoms with E-state index in [1.165, 1.54) is 59.9 Å². The van der Waals surface area contributed by atoms with Gasteiger partial charge in [0.2, 0.25) is 0 Å². The summed E-state index contributed by atoms with van der Waals surface area (Å²) in [4.78, 5) is 38.5. The Morgan fingerprint density at radius 1 is 1.03 bits per heavy atom. The molecule has 1 heterocycles. The number of thiophene rings is 1. The lowest BCUT2D eigenvalue weighted by Gasteiger charge is -2.18. The van der Waals surface area contributed by atoms with E-state index in [0.29, 0.717) is 22.4 Å². The minimum absolute atomic E-state index is 0.0486. The smallest absolute Gasteiger partial charge is 0.413 e. The van der Waals surface area contributed by atoms with Crippen molar-refractivity contribution in [2.24, 2.45) is 5.92 Å². The zero-order valence-corrected chi connectivity index (χ0v) is 22.4. The number of hydrogen-bond acceptors (Lipinski definition) is 7. The fraction of sp³-hybridized carbons (Fsp3) is 0.240. The number of benzene rings is 2. The van der Waals surface area contributed by atoms with Gasteiger partial charge in [0.1, 0.15) is 5.00 Å². The number of carbonyl (C=O) groups excluding carboxylic acids is 3. The number of ether oxygens (including phenoxy) is 1. The van der Waals surface area contributed by atoms with E-state index < -0.39 is 27.9 Å². The fourth-order valence-electron chi connectivity index (χ4n) is 3.98.